The predicted octanol–water partition coefficient (Wildman–Crippen LogP) is 3.09. The lowest BCUT2D eigenvalue weighted by atomic mass is 9.97. The molecule has 0 fully saturated rings. The van der Waals surface area contributed by atoms with E-state index in [4.69, 9.17) is 14.6 Å². The van der Waals surface area contributed by atoms with Crippen LogP contribution in [0, 0.1) is 5.41 Å². The maximum Gasteiger partial charge on any atom is 0.490 e. The normalized spacial score (nSPS) is 11.0. The summed E-state index contributed by atoms with van der Waals surface area (Å²) in [7, 11) is 0. The van der Waals surface area contributed by atoms with Crippen LogP contribution in [0.25, 0.3) is 0 Å². The van der Waals surface area contributed by atoms with Gasteiger partial charge in [-0.15, -0.1) is 0 Å². The van der Waals surface area contributed by atoms with E-state index in [9.17, 15) is 22.8 Å². The molecule has 128 valence electrons. The zero-order valence-electron chi connectivity index (χ0n) is 12.8. The number of carboxylic acid groups (broad SMARTS) is 1. The Labute approximate surface area is 131 Å². The average Bonchev–Trinajstić information content (AvgIpc) is 2.43. The molecule has 0 saturated carbocycles. The van der Waals surface area contributed by atoms with E-state index in [-0.39, 0.29) is 18.4 Å². The SMILES string of the molecule is CC(C)(C)C(=O)OCC(=O)c1ccccc1.O=C(O)C(F)(F)F. The molecule has 0 amide bonds. The number of ketones is 1. The molecule has 0 aliphatic rings. The summed E-state index contributed by atoms with van der Waals surface area (Å²) >= 11 is 0. The number of carboxylic acids is 1. The summed E-state index contributed by atoms with van der Waals surface area (Å²) in [5.74, 6) is -3.30. The molecule has 0 bridgehead atoms. The summed E-state index contributed by atoms with van der Waals surface area (Å²) in [4.78, 5) is 31.9. The van der Waals surface area contributed by atoms with E-state index in [1.807, 2.05) is 6.07 Å². The molecule has 0 heterocycles. The number of benzene rings is 1. The fraction of sp³-hybridized carbons (Fsp3) is 0.400. The van der Waals surface area contributed by atoms with Crippen LogP contribution in [0.2, 0.25) is 0 Å². The first-order chi connectivity index (χ1) is 10.4. The molecule has 1 aromatic carbocycles. The highest BCUT2D eigenvalue weighted by Gasteiger charge is 2.38. The van der Waals surface area contributed by atoms with Crippen LogP contribution in [0.15, 0.2) is 30.3 Å². The average molecular weight is 334 g/mol. The molecule has 0 radical (unpaired) electrons. The summed E-state index contributed by atoms with van der Waals surface area (Å²) in [6.07, 6.45) is -5.08. The van der Waals surface area contributed by atoms with Gasteiger partial charge in [-0.2, -0.15) is 13.2 Å². The van der Waals surface area contributed by atoms with Gasteiger partial charge in [-0.05, 0) is 20.8 Å². The van der Waals surface area contributed by atoms with E-state index < -0.39 is 17.6 Å². The number of rotatable bonds is 3. The van der Waals surface area contributed by atoms with Crippen molar-refractivity contribution in [3.63, 3.8) is 0 Å². The summed E-state index contributed by atoms with van der Waals surface area (Å²) in [6.45, 7) is 5.06. The van der Waals surface area contributed by atoms with Crippen molar-refractivity contribution >= 4 is 17.7 Å². The minimum Gasteiger partial charge on any atom is -0.475 e. The van der Waals surface area contributed by atoms with Gasteiger partial charge in [0.05, 0.1) is 5.41 Å². The van der Waals surface area contributed by atoms with E-state index >= 15 is 0 Å². The third kappa shape index (κ3) is 8.60. The van der Waals surface area contributed by atoms with E-state index in [1.165, 1.54) is 0 Å². The molecule has 0 aliphatic heterocycles. The minimum absolute atomic E-state index is 0.182. The number of carbonyl (C=O) groups is 3. The number of esters is 1. The van der Waals surface area contributed by atoms with Gasteiger partial charge in [0.15, 0.2) is 12.4 Å². The maximum atomic E-state index is 11.6. The van der Waals surface area contributed by atoms with Crippen LogP contribution in [0.4, 0.5) is 13.2 Å². The molecular formula is C15H17F3O5. The Morgan fingerprint density at radius 1 is 1.04 bits per heavy atom. The number of halogens is 3. The summed E-state index contributed by atoms with van der Waals surface area (Å²) in [6, 6.07) is 8.79. The molecule has 0 saturated heterocycles. The first-order valence-corrected chi connectivity index (χ1v) is 6.41. The number of aliphatic carboxylic acids is 1. The van der Waals surface area contributed by atoms with Crippen molar-refractivity contribution in [2.24, 2.45) is 5.41 Å². The smallest absolute Gasteiger partial charge is 0.475 e. The Bertz CT molecular complexity index is 544. The van der Waals surface area contributed by atoms with Crippen molar-refractivity contribution in [3.05, 3.63) is 35.9 Å². The Kier molecular flexibility index (Phi) is 7.45. The molecule has 0 spiro atoms. The largest absolute Gasteiger partial charge is 0.490 e. The lowest BCUT2D eigenvalue weighted by Gasteiger charge is -2.15. The molecule has 0 aromatic heterocycles. The summed E-state index contributed by atoms with van der Waals surface area (Å²) in [5.41, 5.74) is -0.0130. The maximum absolute atomic E-state index is 11.6. The number of hydrogen-bond donors (Lipinski definition) is 1. The molecule has 8 heteroatoms. The zero-order valence-corrected chi connectivity index (χ0v) is 12.8. The van der Waals surface area contributed by atoms with Gasteiger partial charge >= 0.3 is 18.1 Å². The summed E-state index contributed by atoms with van der Waals surface area (Å²) in [5, 5.41) is 7.12. The van der Waals surface area contributed by atoms with Crippen molar-refractivity contribution in [3.8, 4) is 0 Å². The molecule has 1 N–H and O–H groups in total. The van der Waals surface area contributed by atoms with Gasteiger partial charge in [-0.1, -0.05) is 30.3 Å². The van der Waals surface area contributed by atoms with Gasteiger partial charge in [-0.25, -0.2) is 4.79 Å². The Morgan fingerprint density at radius 2 is 1.48 bits per heavy atom. The number of Topliss-reactive ketones (excluding diaryl/α,β-unsaturated/α-hetero) is 1. The molecule has 0 atom stereocenters. The topological polar surface area (TPSA) is 80.7 Å². The van der Waals surface area contributed by atoms with Crippen LogP contribution >= 0.6 is 0 Å². The lowest BCUT2D eigenvalue weighted by Crippen LogP contribution is -2.25. The first-order valence-electron chi connectivity index (χ1n) is 6.41. The second-order valence-corrected chi connectivity index (χ2v) is 5.42. The fourth-order valence-electron chi connectivity index (χ4n) is 1.05. The van der Waals surface area contributed by atoms with Crippen LogP contribution < -0.4 is 0 Å². The molecule has 1 aromatic rings. The number of ether oxygens (including phenoxy) is 1. The van der Waals surface area contributed by atoms with Crippen molar-refractivity contribution in [1.82, 2.24) is 0 Å². The van der Waals surface area contributed by atoms with Crippen molar-refractivity contribution in [2.45, 2.75) is 26.9 Å². The van der Waals surface area contributed by atoms with Crippen LogP contribution in [0.5, 0.6) is 0 Å². The van der Waals surface area contributed by atoms with Gasteiger partial charge in [0.2, 0.25) is 0 Å². The minimum atomic E-state index is -5.08. The predicted molar refractivity (Wildman–Crippen MR) is 74.9 cm³/mol. The van der Waals surface area contributed by atoms with Crippen molar-refractivity contribution in [1.29, 1.82) is 0 Å². The molecule has 1 rings (SSSR count). The molecular weight excluding hydrogens is 317 g/mol. The fourth-order valence-corrected chi connectivity index (χ4v) is 1.05. The number of alkyl halides is 3. The van der Waals surface area contributed by atoms with E-state index in [0.29, 0.717) is 5.56 Å². The van der Waals surface area contributed by atoms with Crippen LogP contribution in [-0.2, 0) is 14.3 Å². The molecule has 0 aliphatic carbocycles. The van der Waals surface area contributed by atoms with E-state index in [2.05, 4.69) is 0 Å². The van der Waals surface area contributed by atoms with Gasteiger partial charge in [0, 0.05) is 5.56 Å². The standard InChI is InChI=1S/C13H16O3.C2HF3O2/c1-13(2,3)12(15)16-9-11(14)10-7-5-4-6-8-10;3-2(4,5)1(6)7/h4-8H,9H2,1-3H3;(H,6,7). The van der Waals surface area contributed by atoms with Gasteiger partial charge in [0.25, 0.3) is 0 Å². The molecule has 5 nitrogen and oxygen atoms in total. The molecule has 23 heavy (non-hydrogen) atoms. The van der Waals surface area contributed by atoms with Gasteiger partial charge in [0.1, 0.15) is 0 Å². The van der Waals surface area contributed by atoms with Crippen molar-refractivity contribution < 1.29 is 37.4 Å². The van der Waals surface area contributed by atoms with Crippen LogP contribution in [0.3, 0.4) is 0 Å². The molecule has 0 unspecified atom stereocenters. The Balaban J connectivity index is 0.000000585. The second kappa shape index (κ2) is 8.30. The monoisotopic (exact) mass is 334 g/mol. The highest BCUT2D eigenvalue weighted by atomic mass is 19.4. The van der Waals surface area contributed by atoms with E-state index in [0.717, 1.165) is 0 Å². The number of hydrogen-bond acceptors (Lipinski definition) is 4. The van der Waals surface area contributed by atoms with E-state index in [1.54, 1.807) is 45.0 Å². The van der Waals surface area contributed by atoms with Crippen LogP contribution in [0.1, 0.15) is 31.1 Å². The highest BCUT2D eigenvalue weighted by Crippen LogP contribution is 2.15. The quantitative estimate of drug-likeness (QED) is 0.679. The highest BCUT2D eigenvalue weighted by molar-refractivity contribution is 5.98. The van der Waals surface area contributed by atoms with Crippen molar-refractivity contribution in [2.75, 3.05) is 6.61 Å². The van der Waals surface area contributed by atoms with Crippen LogP contribution in [-0.4, -0.2) is 35.6 Å². The second-order valence-electron chi connectivity index (χ2n) is 5.42. The summed E-state index contributed by atoms with van der Waals surface area (Å²) < 4.78 is 36.7. The lowest BCUT2D eigenvalue weighted by molar-refractivity contribution is -0.192. The number of carbonyl (C=O) groups excluding carboxylic acids is 2. The van der Waals surface area contributed by atoms with Gasteiger partial charge in [-0.3, -0.25) is 9.59 Å². The Morgan fingerprint density at radius 3 is 1.83 bits per heavy atom. The Hall–Kier alpha value is -2.38. The van der Waals surface area contributed by atoms with Gasteiger partial charge < -0.3 is 9.84 Å². The third-order valence-electron chi connectivity index (χ3n) is 2.28. The first kappa shape index (κ1) is 20.6. The zero-order chi connectivity index (χ0) is 18.3. The third-order valence-corrected chi connectivity index (χ3v) is 2.28.